The van der Waals surface area contributed by atoms with E-state index >= 15 is 0 Å². The fourth-order valence-electron chi connectivity index (χ4n) is 2.75. The molecule has 2 rings (SSSR count). The number of nitrogens with zero attached hydrogens (tertiary/aromatic N) is 1. The molecule has 0 saturated heterocycles. The average Bonchev–Trinajstić information content (AvgIpc) is 2.66. The predicted octanol–water partition coefficient (Wildman–Crippen LogP) is 3.67. The number of carbonyl (C=O) groups is 1. The van der Waals surface area contributed by atoms with Crippen LogP contribution in [0.5, 0.6) is 5.75 Å². The smallest absolute Gasteiger partial charge is 0.319 e. The van der Waals surface area contributed by atoms with Crippen molar-refractivity contribution in [3.8, 4) is 5.75 Å². The van der Waals surface area contributed by atoms with Crippen LogP contribution >= 0.6 is 0 Å². The molecule has 2 aromatic rings. The van der Waals surface area contributed by atoms with Gasteiger partial charge in [0.1, 0.15) is 11.6 Å². The fourth-order valence-corrected chi connectivity index (χ4v) is 2.75. The Hall–Kier alpha value is -2.64. The monoisotopic (exact) mass is 389 g/mol. The van der Waals surface area contributed by atoms with E-state index in [1.807, 2.05) is 37.2 Å². The number of urea groups is 1. The molecule has 152 valence electrons. The van der Waals surface area contributed by atoms with Crippen molar-refractivity contribution in [2.24, 2.45) is 0 Å². The Morgan fingerprint density at radius 2 is 1.93 bits per heavy atom. The second-order valence-corrected chi connectivity index (χ2v) is 6.56. The number of hydrogen-bond acceptors (Lipinski definition) is 4. The molecular weight excluding hydrogens is 361 g/mol. The maximum atomic E-state index is 13.5. The summed E-state index contributed by atoms with van der Waals surface area (Å²) in [5.74, 6) is 0.302. The molecule has 0 saturated carbocycles. The molecule has 1 unspecified atom stereocenters. The number of methoxy groups -OCH3 is 1. The van der Waals surface area contributed by atoms with Crippen LogP contribution in [0.1, 0.15) is 18.0 Å². The first-order valence-corrected chi connectivity index (χ1v) is 9.18. The lowest BCUT2D eigenvalue weighted by atomic mass is 10.1. The summed E-state index contributed by atoms with van der Waals surface area (Å²) in [5, 5.41) is 5.65. The summed E-state index contributed by atoms with van der Waals surface area (Å²) in [6.07, 6.45) is 0.759. The van der Waals surface area contributed by atoms with Crippen molar-refractivity contribution in [3.05, 3.63) is 59.9 Å². The summed E-state index contributed by atoms with van der Waals surface area (Å²) < 4.78 is 24.3. The molecule has 0 bridgehead atoms. The lowest BCUT2D eigenvalue weighted by Gasteiger charge is -2.25. The van der Waals surface area contributed by atoms with Crippen LogP contribution in [0.2, 0.25) is 0 Å². The summed E-state index contributed by atoms with van der Waals surface area (Å²) in [7, 11) is 5.42. The third kappa shape index (κ3) is 6.83. The Labute approximate surface area is 165 Å². The molecule has 0 fully saturated rings. The summed E-state index contributed by atoms with van der Waals surface area (Å²) in [6, 6.07) is 13.1. The van der Waals surface area contributed by atoms with Crippen LogP contribution in [-0.4, -0.2) is 51.9 Å². The van der Waals surface area contributed by atoms with Gasteiger partial charge in [0, 0.05) is 26.7 Å². The second-order valence-electron chi connectivity index (χ2n) is 6.56. The topological polar surface area (TPSA) is 62.8 Å². The van der Waals surface area contributed by atoms with Crippen LogP contribution in [0.3, 0.4) is 0 Å². The van der Waals surface area contributed by atoms with E-state index in [1.165, 1.54) is 12.1 Å². The minimum absolute atomic E-state index is 0.151. The average molecular weight is 389 g/mol. The zero-order valence-electron chi connectivity index (χ0n) is 16.6. The number of hydrogen-bond donors (Lipinski definition) is 2. The van der Waals surface area contributed by atoms with Gasteiger partial charge in [-0.1, -0.05) is 24.3 Å². The molecule has 0 radical (unpaired) electrons. The molecule has 0 aliphatic rings. The Morgan fingerprint density at radius 1 is 1.14 bits per heavy atom. The van der Waals surface area contributed by atoms with Gasteiger partial charge in [-0.3, -0.25) is 0 Å². The first-order chi connectivity index (χ1) is 13.5. The lowest BCUT2D eigenvalue weighted by molar-refractivity contribution is 0.172. The zero-order chi connectivity index (χ0) is 20.4. The highest BCUT2D eigenvalue weighted by molar-refractivity contribution is 5.90. The highest BCUT2D eigenvalue weighted by atomic mass is 19.1. The van der Waals surface area contributed by atoms with Crippen molar-refractivity contribution >= 4 is 11.7 Å². The van der Waals surface area contributed by atoms with Gasteiger partial charge in [0.05, 0.1) is 18.3 Å². The van der Waals surface area contributed by atoms with Crippen molar-refractivity contribution in [1.29, 1.82) is 0 Å². The molecule has 28 heavy (non-hydrogen) atoms. The van der Waals surface area contributed by atoms with Gasteiger partial charge in [0.15, 0.2) is 0 Å². The summed E-state index contributed by atoms with van der Waals surface area (Å²) in [4.78, 5) is 14.3. The molecule has 0 heterocycles. The fraction of sp³-hybridized carbons (Fsp3) is 0.381. The van der Waals surface area contributed by atoms with Crippen molar-refractivity contribution in [2.75, 3.05) is 46.3 Å². The van der Waals surface area contributed by atoms with E-state index in [0.29, 0.717) is 31.2 Å². The number of benzene rings is 2. The number of ether oxygens (including phenoxy) is 2. The van der Waals surface area contributed by atoms with Crippen LogP contribution in [-0.2, 0) is 4.74 Å². The van der Waals surface area contributed by atoms with Crippen LogP contribution < -0.4 is 15.4 Å². The predicted molar refractivity (Wildman–Crippen MR) is 108 cm³/mol. The molecule has 0 aromatic heterocycles. The van der Waals surface area contributed by atoms with E-state index in [4.69, 9.17) is 9.47 Å². The summed E-state index contributed by atoms with van der Waals surface area (Å²) >= 11 is 0. The van der Waals surface area contributed by atoms with Gasteiger partial charge in [-0.05, 0) is 43.9 Å². The van der Waals surface area contributed by atoms with Gasteiger partial charge in [0.2, 0.25) is 0 Å². The third-order valence-corrected chi connectivity index (χ3v) is 4.20. The molecule has 0 spiro atoms. The zero-order valence-corrected chi connectivity index (χ0v) is 16.6. The van der Waals surface area contributed by atoms with Crippen molar-refractivity contribution < 1.29 is 18.7 Å². The minimum atomic E-state index is -0.351. The van der Waals surface area contributed by atoms with Gasteiger partial charge >= 0.3 is 6.03 Å². The van der Waals surface area contributed by atoms with E-state index in [1.54, 1.807) is 25.3 Å². The van der Waals surface area contributed by atoms with Gasteiger partial charge in [-0.15, -0.1) is 0 Å². The molecule has 1 atom stereocenters. The van der Waals surface area contributed by atoms with Crippen molar-refractivity contribution in [3.63, 3.8) is 0 Å². The van der Waals surface area contributed by atoms with E-state index < -0.39 is 0 Å². The van der Waals surface area contributed by atoms with E-state index in [-0.39, 0.29) is 17.9 Å². The maximum absolute atomic E-state index is 13.5. The number of anilines is 1. The number of nitrogens with one attached hydrogen (secondary N) is 2. The summed E-state index contributed by atoms with van der Waals surface area (Å²) in [5.41, 5.74) is 1.39. The van der Waals surface area contributed by atoms with Crippen molar-refractivity contribution in [1.82, 2.24) is 10.2 Å². The first kappa shape index (κ1) is 21.7. The van der Waals surface area contributed by atoms with Crippen molar-refractivity contribution in [2.45, 2.75) is 12.5 Å². The molecule has 0 aliphatic heterocycles. The highest BCUT2D eigenvalue weighted by Gasteiger charge is 2.16. The third-order valence-electron chi connectivity index (χ3n) is 4.20. The van der Waals surface area contributed by atoms with E-state index in [0.717, 1.165) is 12.0 Å². The number of amides is 2. The molecule has 2 aromatic carbocycles. The van der Waals surface area contributed by atoms with Gasteiger partial charge in [-0.25, -0.2) is 9.18 Å². The Balaban J connectivity index is 1.94. The molecule has 7 heteroatoms. The van der Waals surface area contributed by atoms with Crippen LogP contribution in [0.15, 0.2) is 48.5 Å². The number of para-hydroxylation sites is 2. The molecular formula is C21H28FN3O3. The van der Waals surface area contributed by atoms with Gasteiger partial charge in [-0.2, -0.15) is 0 Å². The number of likely N-dealkylation sites (N-methyl/N-ethyl adjacent to an activating group) is 1. The Kier molecular flexibility index (Phi) is 8.71. The highest BCUT2D eigenvalue weighted by Crippen LogP contribution is 2.24. The Bertz CT molecular complexity index is 755. The molecule has 2 N–H and O–H groups in total. The minimum Gasteiger partial charge on any atom is -0.491 e. The molecule has 0 aliphatic carbocycles. The normalized spacial score (nSPS) is 11.9. The SMILES string of the molecule is COCCCOc1ccccc1NC(=O)NCC(c1cccc(F)c1)N(C)C. The molecule has 6 nitrogen and oxygen atoms in total. The van der Waals surface area contributed by atoms with Gasteiger partial charge < -0.3 is 25.0 Å². The van der Waals surface area contributed by atoms with E-state index in [9.17, 15) is 9.18 Å². The first-order valence-electron chi connectivity index (χ1n) is 9.18. The number of carbonyl (C=O) groups excluding carboxylic acids is 1. The van der Waals surface area contributed by atoms with Gasteiger partial charge in [0.25, 0.3) is 0 Å². The standard InChI is InChI=1S/C21H28FN3O3/c1-25(2)19(16-8-6-9-17(22)14-16)15-23-21(26)24-18-10-4-5-11-20(18)28-13-7-12-27-3/h4-6,8-11,14,19H,7,12-13,15H2,1-3H3,(H2,23,24,26). The Morgan fingerprint density at radius 3 is 2.64 bits per heavy atom. The van der Waals surface area contributed by atoms with Crippen LogP contribution in [0.4, 0.5) is 14.9 Å². The lowest BCUT2D eigenvalue weighted by Crippen LogP contribution is -2.37. The largest absolute Gasteiger partial charge is 0.491 e. The molecule has 2 amide bonds. The number of rotatable bonds is 10. The van der Waals surface area contributed by atoms with E-state index in [2.05, 4.69) is 10.6 Å². The summed E-state index contributed by atoms with van der Waals surface area (Å²) in [6.45, 7) is 1.44. The maximum Gasteiger partial charge on any atom is 0.319 e. The second kappa shape index (κ2) is 11.3. The van der Waals surface area contributed by atoms with Crippen LogP contribution in [0.25, 0.3) is 0 Å². The van der Waals surface area contributed by atoms with Crippen LogP contribution in [0, 0.1) is 5.82 Å². The number of halogens is 1. The quantitative estimate of drug-likeness (QED) is 0.609.